The highest BCUT2D eigenvalue weighted by Crippen LogP contribution is 2.63. The molecule has 1 unspecified atom stereocenters. The topological polar surface area (TPSA) is 147 Å². The Morgan fingerprint density at radius 1 is 0.828 bits per heavy atom. The minimum atomic E-state index is -1.84. The van der Waals surface area contributed by atoms with Gasteiger partial charge in [-0.15, -0.1) is 0 Å². The number of fused-ring (bicyclic) bond motifs is 2. The first-order valence-corrected chi connectivity index (χ1v) is 22.9. The zero-order valence-corrected chi connectivity index (χ0v) is 38.9. The normalized spacial score (nSPS) is 22.2. The third kappa shape index (κ3) is 9.01. The van der Waals surface area contributed by atoms with Gasteiger partial charge in [0.05, 0.1) is 39.9 Å². The molecular weight excluding hydrogens is 832 g/mol. The number of H-pyrrole nitrogens is 1. The lowest BCUT2D eigenvalue weighted by molar-refractivity contribution is -0.215. The Balaban J connectivity index is 1.47. The number of nitriles is 1. The van der Waals surface area contributed by atoms with Gasteiger partial charge < -0.3 is 32.7 Å². The van der Waals surface area contributed by atoms with Crippen LogP contribution < -0.4 is 25.5 Å². The van der Waals surface area contributed by atoms with Crippen molar-refractivity contribution in [2.75, 3.05) is 27.4 Å². The average molecular weight is 891 g/mol. The molecule has 1 N–H and O–H groups in total. The van der Waals surface area contributed by atoms with Crippen molar-refractivity contribution in [3.63, 3.8) is 0 Å². The lowest BCUT2D eigenvalue weighted by Gasteiger charge is -2.45. The summed E-state index contributed by atoms with van der Waals surface area (Å²) in [7, 11) is 1.42. The number of aromatic nitrogens is 2. The number of aromatic amines is 1. The summed E-state index contributed by atoms with van der Waals surface area (Å²) in [6.45, 7) is 14.1. The number of nitrogens with one attached hydrogen (secondary N) is 1. The maximum atomic E-state index is 13.9. The summed E-state index contributed by atoms with van der Waals surface area (Å²) in [5.74, 6) is 1.15. The molecule has 2 fully saturated rings. The molecule has 13 nitrogen and oxygen atoms in total. The molecule has 64 heavy (non-hydrogen) atoms. The van der Waals surface area contributed by atoms with Crippen LogP contribution in [-0.4, -0.2) is 71.5 Å². The van der Waals surface area contributed by atoms with E-state index in [1.54, 1.807) is 27.3 Å². The molecular formula is C50H59N4O9P. The molecule has 1 aliphatic heterocycles. The molecule has 2 bridgehead atoms. The summed E-state index contributed by atoms with van der Waals surface area (Å²) >= 11 is 0. The first-order valence-electron chi connectivity index (χ1n) is 21.7. The molecule has 2 heterocycles. The minimum absolute atomic E-state index is 0.00598. The van der Waals surface area contributed by atoms with Crippen molar-refractivity contribution in [1.29, 1.82) is 5.26 Å². The predicted molar refractivity (Wildman–Crippen MR) is 246 cm³/mol. The molecule has 1 aromatic heterocycles. The molecule has 14 heteroatoms. The standard InChI is InChI=1S/C50H59N4O9P/c1-32(2)54(33(3)4)64(60-29-13-28-51)63-45-43-36(7)44(61-42-22-16-34(5)17-23-42)49(45,62-47(43)53-30-35(6)46(55)52-48(53)56)31-59-50(37-14-11-10-12-15-37,38-18-24-40(57-8)25-19-38)39-20-26-41(58-9)27-21-39/h10-12,14-27,30,32-33,36,43-45,47H,13,29,31H2,1-9H3,(H,52,55,56)/t36-,43-,44+,45+,47-,49+,64?/m1/s1. The van der Waals surface area contributed by atoms with Crippen LogP contribution in [0.3, 0.4) is 0 Å². The van der Waals surface area contributed by atoms with E-state index in [1.165, 1.54) is 4.57 Å². The van der Waals surface area contributed by atoms with Gasteiger partial charge in [-0.2, -0.15) is 5.26 Å². The monoisotopic (exact) mass is 890 g/mol. The van der Waals surface area contributed by atoms with Crippen molar-refractivity contribution in [2.24, 2.45) is 11.8 Å². The summed E-state index contributed by atoms with van der Waals surface area (Å²) < 4.78 is 51.1. The molecule has 0 amide bonds. The van der Waals surface area contributed by atoms with Crippen LogP contribution in [-0.2, 0) is 24.1 Å². The van der Waals surface area contributed by atoms with Gasteiger partial charge >= 0.3 is 5.69 Å². The van der Waals surface area contributed by atoms with Crippen LogP contribution in [0.25, 0.3) is 0 Å². The van der Waals surface area contributed by atoms with Crippen LogP contribution in [0.4, 0.5) is 0 Å². The molecule has 4 aromatic carbocycles. The Labute approximate surface area is 376 Å². The summed E-state index contributed by atoms with van der Waals surface area (Å²) in [5.41, 5.74) is 0.106. The Morgan fingerprint density at radius 3 is 1.94 bits per heavy atom. The van der Waals surface area contributed by atoms with Crippen molar-refractivity contribution in [2.45, 2.75) is 96.6 Å². The highest BCUT2D eigenvalue weighted by Gasteiger charge is 2.72. The van der Waals surface area contributed by atoms with Crippen molar-refractivity contribution < 1.29 is 32.7 Å². The summed E-state index contributed by atoms with van der Waals surface area (Å²) in [5, 5.41) is 9.60. The SMILES string of the molecule is COc1ccc(C(OC[C@]23O[C@@H](n4cc(C)c(=O)[nH]c4=O)[C@H]([C@@H](C)[C@@H]2Oc2ccc(C)cc2)[C@@H]3OP(OCCC#N)N(C(C)C)C(C)C)(c2ccccc2)c2ccc(OC)cc2)cc1. The number of benzene rings is 4. The van der Waals surface area contributed by atoms with Gasteiger partial charge in [0.1, 0.15) is 41.3 Å². The zero-order chi connectivity index (χ0) is 45.8. The van der Waals surface area contributed by atoms with Gasteiger partial charge in [0.25, 0.3) is 14.1 Å². The second-order valence-corrected chi connectivity index (χ2v) is 18.5. The van der Waals surface area contributed by atoms with Crippen LogP contribution in [0.2, 0.25) is 0 Å². The maximum absolute atomic E-state index is 13.9. The molecule has 7 atom stereocenters. The number of hydrogen-bond acceptors (Lipinski definition) is 11. The highest BCUT2D eigenvalue weighted by molar-refractivity contribution is 7.44. The number of nitrogens with zero attached hydrogens (tertiary/aromatic N) is 3. The van der Waals surface area contributed by atoms with Gasteiger partial charge in [0.15, 0.2) is 5.60 Å². The van der Waals surface area contributed by atoms with E-state index in [1.807, 2.05) is 110 Å². The van der Waals surface area contributed by atoms with Gasteiger partial charge in [-0.05, 0) is 94.6 Å². The quantitative estimate of drug-likeness (QED) is 0.0482. The van der Waals surface area contributed by atoms with E-state index in [0.29, 0.717) is 22.8 Å². The highest BCUT2D eigenvalue weighted by atomic mass is 31.2. The van der Waals surface area contributed by atoms with E-state index in [0.717, 1.165) is 22.3 Å². The molecule has 1 saturated carbocycles. The number of hydrogen-bond donors (Lipinski definition) is 1. The number of ether oxygens (including phenoxy) is 5. The lowest BCUT2D eigenvalue weighted by atomic mass is 9.79. The second kappa shape index (κ2) is 19.8. The molecule has 1 saturated heterocycles. The Hall–Kier alpha value is -5.32. The van der Waals surface area contributed by atoms with E-state index in [4.69, 9.17) is 32.7 Å². The zero-order valence-electron chi connectivity index (χ0n) is 38.0. The Bertz CT molecular complexity index is 2430. The van der Waals surface area contributed by atoms with Crippen LogP contribution >= 0.6 is 8.53 Å². The van der Waals surface area contributed by atoms with Gasteiger partial charge in [-0.1, -0.05) is 79.2 Å². The van der Waals surface area contributed by atoms with Gasteiger partial charge in [0.2, 0.25) is 0 Å². The third-order valence-corrected chi connectivity index (χ3v) is 14.4. The number of rotatable bonds is 19. The first-order chi connectivity index (χ1) is 30.8. The van der Waals surface area contributed by atoms with Crippen LogP contribution in [0, 0.1) is 37.0 Å². The molecule has 0 spiro atoms. The van der Waals surface area contributed by atoms with E-state index in [9.17, 15) is 14.9 Å². The van der Waals surface area contributed by atoms with Gasteiger partial charge in [0, 0.05) is 35.7 Å². The van der Waals surface area contributed by atoms with Crippen molar-refractivity contribution >= 4 is 8.53 Å². The summed E-state index contributed by atoms with van der Waals surface area (Å²) in [6, 6.07) is 35.7. The average Bonchev–Trinajstić information content (AvgIpc) is 3.71. The largest absolute Gasteiger partial charge is 0.497 e. The lowest BCUT2D eigenvalue weighted by Crippen LogP contribution is -2.57. The van der Waals surface area contributed by atoms with Crippen molar-refractivity contribution in [3.8, 4) is 23.3 Å². The third-order valence-electron chi connectivity index (χ3n) is 12.3. The van der Waals surface area contributed by atoms with Crippen molar-refractivity contribution in [1.82, 2.24) is 14.2 Å². The van der Waals surface area contributed by atoms with Gasteiger partial charge in [-0.25, -0.2) is 9.46 Å². The van der Waals surface area contributed by atoms with Gasteiger partial charge in [-0.3, -0.25) is 14.3 Å². The van der Waals surface area contributed by atoms with Crippen LogP contribution in [0.1, 0.15) is 75.1 Å². The van der Waals surface area contributed by atoms with Crippen LogP contribution in [0.15, 0.2) is 119 Å². The molecule has 2 aliphatic rings. The van der Waals surface area contributed by atoms with E-state index in [-0.39, 0.29) is 37.6 Å². The smallest absolute Gasteiger partial charge is 0.330 e. The Morgan fingerprint density at radius 2 is 1.39 bits per heavy atom. The van der Waals surface area contributed by atoms with Crippen molar-refractivity contribution in [3.05, 3.63) is 158 Å². The molecule has 7 rings (SSSR count). The first kappa shape index (κ1) is 46.7. The molecule has 1 aliphatic carbocycles. The summed E-state index contributed by atoms with van der Waals surface area (Å²) in [4.78, 5) is 29.2. The molecule has 338 valence electrons. The fraction of sp³-hybridized carbons (Fsp3) is 0.420. The maximum Gasteiger partial charge on any atom is 0.330 e. The predicted octanol–water partition coefficient (Wildman–Crippen LogP) is 8.82. The number of methoxy groups -OCH3 is 2. The molecule has 0 radical (unpaired) electrons. The van der Waals surface area contributed by atoms with Crippen LogP contribution in [0.5, 0.6) is 17.2 Å². The second-order valence-electron chi connectivity index (χ2n) is 17.1. The fourth-order valence-corrected chi connectivity index (χ4v) is 11.1. The van der Waals surface area contributed by atoms with E-state index in [2.05, 4.69) is 50.3 Å². The molecule has 5 aromatic rings. The van der Waals surface area contributed by atoms with E-state index >= 15 is 0 Å². The minimum Gasteiger partial charge on any atom is -0.497 e. The number of aryl methyl sites for hydroxylation is 2. The Kier molecular flexibility index (Phi) is 14.5. The summed E-state index contributed by atoms with van der Waals surface area (Å²) in [6.07, 6.45) is -0.706. The fourth-order valence-electron chi connectivity index (χ4n) is 9.29. The van der Waals surface area contributed by atoms with E-state index < -0.39 is 55.3 Å².